The van der Waals surface area contributed by atoms with Crippen LogP contribution in [0.3, 0.4) is 0 Å². The second-order valence-electron chi connectivity index (χ2n) is 4.27. The molecule has 0 saturated carbocycles. The van der Waals surface area contributed by atoms with Gasteiger partial charge in [0.15, 0.2) is 0 Å². The molecule has 0 bridgehead atoms. The zero-order chi connectivity index (χ0) is 12.4. The van der Waals surface area contributed by atoms with E-state index in [4.69, 9.17) is 5.73 Å². The maximum atomic E-state index is 12.3. The first kappa shape index (κ1) is 13.3. The van der Waals surface area contributed by atoms with Crippen molar-refractivity contribution in [2.24, 2.45) is 11.7 Å². The van der Waals surface area contributed by atoms with Crippen molar-refractivity contribution in [2.75, 3.05) is 19.6 Å². The van der Waals surface area contributed by atoms with E-state index in [1.807, 2.05) is 23.1 Å². The van der Waals surface area contributed by atoms with Crippen LogP contribution in [-0.4, -0.2) is 30.4 Å². The lowest BCUT2D eigenvalue weighted by molar-refractivity contribution is 0.0786. The summed E-state index contributed by atoms with van der Waals surface area (Å²) in [5.74, 6) is 0.579. The molecule has 1 aromatic rings. The van der Waals surface area contributed by atoms with Gasteiger partial charge >= 0.3 is 0 Å². The number of nitrogens with zero attached hydrogens (tertiary/aromatic N) is 1. The largest absolute Gasteiger partial charge is 0.338 e. The van der Waals surface area contributed by atoms with Crippen molar-refractivity contribution in [2.45, 2.75) is 6.42 Å². The molecule has 0 aliphatic carbocycles. The van der Waals surface area contributed by atoms with Gasteiger partial charge in [0.05, 0.1) is 5.56 Å². The predicted molar refractivity (Wildman–Crippen MR) is 79.9 cm³/mol. The maximum absolute atomic E-state index is 12.3. The summed E-state index contributed by atoms with van der Waals surface area (Å²) in [6, 6.07) is 5.79. The van der Waals surface area contributed by atoms with E-state index in [0.717, 1.165) is 33.1 Å². The van der Waals surface area contributed by atoms with Gasteiger partial charge < -0.3 is 10.6 Å². The van der Waals surface area contributed by atoms with Gasteiger partial charge in [0, 0.05) is 21.1 Å². The molecule has 0 spiro atoms. The first-order valence-electron chi connectivity index (χ1n) is 5.56. The molecule has 92 valence electrons. The number of halogens is 2. The molecule has 2 N–H and O–H groups in total. The van der Waals surface area contributed by atoms with E-state index in [1.54, 1.807) is 0 Å². The van der Waals surface area contributed by atoms with Gasteiger partial charge in [-0.25, -0.2) is 0 Å². The third-order valence-corrected chi connectivity index (χ3v) is 4.50. The van der Waals surface area contributed by atoms with Crippen molar-refractivity contribution in [3.63, 3.8) is 0 Å². The van der Waals surface area contributed by atoms with Gasteiger partial charge in [0.2, 0.25) is 0 Å². The summed E-state index contributed by atoms with van der Waals surface area (Å²) in [6.45, 7) is 2.28. The van der Waals surface area contributed by atoms with E-state index in [2.05, 4.69) is 38.5 Å². The Bertz CT molecular complexity index is 439. The number of likely N-dealkylation sites (tertiary alicyclic amines) is 1. The summed E-state index contributed by atoms with van der Waals surface area (Å²) < 4.78 is 1.93. The van der Waals surface area contributed by atoms with E-state index in [-0.39, 0.29) is 5.91 Å². The normalized spacial score (nSPS) is 19.7. The standard InChI is InChI=1S/C12H14BrIN2O/c13-9-1-2-11(14)10(5-9)12(17)16-4-3-8(6-15)7-16/h1-2,5,8H,3-4,6-7,15H2. The topological polar surface area (TPSA) is 46.3 Å². The number of carbonyl (C=O) groups is 1. The number of carbonyl (C=O) groups excluding carboxylic acids is 1. The Morgan fingerprint density at radius 3 is 3.00 bits per heavy atom. The highest BCUT2D eigenvalue weighted by Gasteiger charge is 2.26. The van der Waals surface area contributed by atoms with Gasteiger partial charge in [-0.15, -0.1) is 0 Å². The smallest absolute Gasteiger partial charge is 0.254 e. The third-order valence-electron chi connectivity index (χ3n) is 3.07. The summed E-state index contributed by atoms with van der Waals surface area (Å²) in [5, 5.41) is 0. The van der Waals surface area contributed by atoms with Crippen LogP contribution in [0.25, 0.3) is 0 Å². The number of nitrogens with two attached hydrogens (primary N) is 1. The highest BCUT2D eigenvalue weighted by atomic mass is 127. The number of hydrogen-bond acceptors (Lipinski definition) is 2. The molecule has 1 aliphatic heterocycles. The molecule has 1 unspecified atom stereocenters. The number of benzene rings is 1. The van der Waals surface area contributed by atoms with Gasteiger partial charge in [-0.05, 0) is 59.7 Å². The van der Waals surface area contributed by atoms with Gasteiger partial charge in [-0.3, -0.25) is 4.79 Å². The van der Waals surface area contributed by atoms with Crippen LogP contribution in [0.2, 0.25) is 0 Å². The Balaban J connectivity index is 2.17. The van der Waals surface area contributed by atoms with Crippen LogP contribution in [0.4, 0.5) is 0 Å². The van der Waals surface area contributed by atoms with Crippen LogP contribution in [0, 0.1) is 9.49 Å². The van der Waals surface area contributed by atoms with E-state index < -0.39 is 0 Å². The Kier molecular flexibility index (Phi) is 4.43. The summed E-state index contributed by atoms with van der Waals surface area (Å²) in [5.41, 5.74) is 6.42. The van der Waals surface area contributed by atoms with Gasteiger partial charge in [0.1, 0.15) is 0 Å². The zero-order valence-corrected chi connectivity index (χ0v) is 13.1. The summed E-state index contributed by atoms with van der Waals surface area (Å²) in [6.07, 6.45) is 1.02. The minimum absolute atomic E-state index is 0.117. The van der Waals surface area contributed by atoms with E-state index in [9.17, 15) is 4.79 Å². The van der Waals surface area contributed by atoms with Gasteiger partial charge in [-0.2, -0.15) is 0 Å². The minimum atomic E-state index is 0.117. The van der Waals surface area contributed by atoms with E-state index in [1.165, 1.54) is 0 Å². The number of amides is 1. The Morgan fingerprint density at radius 1 is 1.59 bits per heavy atom. The molecule has 1 aliphatic rings. The fraction of sp³-hybridized carbons (Fsp3) is 0.417. The molecule has 0 radical (unpaired) electrons. The van der Waals surface area contributed by atoms with Crippen LogP contribution in [-0.2, 0) is 0 Å². The average molecular weight is 409 g/mol. The van der Waals surface area contributed by atoms with Crippen LogP contribution < -0.4 is 5.73 Å². The van der Waals surface area contributed by atoms with Crippen LogP contribution in [0.5, 0.6) is 0 Å². The Hall–Kier alpha value is -0.140. The zero-order valence-electron chi connectivity index (χ0n) is 9.33. The number of hydrogen-bond donors (Lipinski definition) is 1. The average Bonchev–Trinajstić information content (AvgIpc) is 2.80. The Labute approximate surface area is 123 Å². The molecule has 1 heterocycles. The lowest BCUT2D eigenvalue weighted by Gasteiger charge is -2.17. The highest BCUT2D eigenvalue weighted by molar-refractivity contribution is 14.1. The fourth-order valence-corrected chi connectivity index (χ4v) is 2.97. The summed E-state index contributed by atoms with van der Waals surface area (Å²) in [4.78, 5) is 14.2. The first-order chi connectivity index (χ1) is 8.11. The van der Waals surface area contributed by atoms with Crippen LogP contribution in [0.15, 0.2) is 22.7 Å². The molecule has 1 atom stereocenters. The summed E-state index contributed by atoms with van der Waals surface area (Å²) >= 11 is 5.60. The van der Waals surface area contributed by atoms with E-state index >= 15 is 0 Å². The van der Waals surface area contributed by atoms with Gasteiger partial charge in [-0.1, -0.05) is 15.9 Å². The van der Waals surface area contributed by atoms with Crippen LogP contribution >= 0.6 is 38.5 Å². The molecule has 3 nitrogen and oxygen atoms in total. The van der Waals surface area contributed by atoms with Crippen LogP contribution in [0.1, 0.15) is 16.8 Å². The molecule has 0 aromatic heterocycles. The van der Waals surface area contributed by atoms with Crippen molar-refractivity contribution < 1.29 is 4.79 Å². The fourth-order valence-electron chi connectivity index (χ4n) is 2.04. The molecule has 1 aromatic carbocycles. The van der Waals surface area contributed by atoms with Crippen molar-refractivity contribution in [3.05, 3.63) is 31.8 Å². The molecule has 1 amide bonds. The molecule has 1 fully saturated rings. The number of rotatable bonds is 2. The Morgan fingerprint density at radius 2 is 2.35 bits per heavy atom. The molecular formula is C12H14BrIN2O. The SMILES string of the molecule is NCC1CCN(C(=O)c2cc(Br)ccc2I)C1. The van der Waals surface area contributed by atoms with Crippen molar-refractivity contribution in [1.29, 1.82) is 0 Å². The predicted octanol–water partition coefficient (Wildman–Crippen LogP) is 2.47. The lowest BCUT2D eigenvalue weighted by atomic mass is 10.1. The second-order valence-corrected chi connectivity index (χ2v) is 6.34. The minimum Gasteiger partial charge on any atom is -0.338 e. The monoisotopic (exact) mass is 408 g/mol. The highest BCUT2D eigenvalue weighted by Crippen LogP contribution is 2.23. The molecule has 17 heavy (non-hydrogen) atoms. The second kappa shape index (κ2) is 5.67. The van der Waals surface area contributed by atoms with E-state index in [0.29, 0.717) is 12.5 Å². The molecule has 2 rings (SSSR count). The van der Waals surface area contributed by atoms with Crippen molar-refractivity contribution >= 4 is 44.4 Å². The summed E-state index contributed by atoms with van der Waals surface area (Å²) in [7, 11) is 0. The van der Waals surface area contributed by atoms with Crippen molar-refractivity contribution in [3.8, 4) is 0 Å². The third kappa shape index (κ3) is 3.00. The molecule has 1 saturated heterocycles. The molecular weight excluding hydrogens is 395 g/mol. The molecule has 5 heteroatoms. The lowest BCUT2D eigenvalue weighted by Crippen LogP contribution is -2.30. The van der Waals surface area contributed by atoms with Gasteiger partial charge in [0.25, 0.3) is 5.91 Å². The first-order valence-corrected chi connectivity index (χ1v) is 7.43. The maximum Gasteiger partial charge on any atom is 0.254 e. The van der Waals surface area contributed by atoms with Crippen molar-refractivity contribution in [1.82, 2.24) is 4.90 Å². The quantitative estimate of drug-likeness (QED) is 0.764.